The van der Waals surface area contributed by atoms with Gasteiger partial charge in [-0.25, -0.2) is 0 Å². The van der Waals surface area contributed by atoms with Crippen LogP contribution in [0, 0.1) is 6.92 Å². The van der Waals surface area contributed by atoms with Crippen molar-refractivity contribution in [3.63, 3.8) is 0 Å². The van der Waals surface area contributed by atoms with Gasteiger partial charge in [-0.3, -0.25) is 4.79 Å². The predicted octanol–water partition coefficient (Wildman–Crippen LogP) is 3.51. The molecule has 4 heteroatoms. The van der Waals surface area contributed by atoms with Gasteiger partial charge in [0.1, 0.15) is 0 Å². The minimum Gasteiger partial charge on any atom is -0.385 e. The molecule has 0 radical (unpaired) electrons. The van der Waals surface area contributed by atoms with E-state index in [4.69, 9.17) is 0 Å². The SMILES string of the molecule is CCSCCCNc1cc(NC(C)=O)ccc1C. The first kappa shape index (κ1) is 14.9. The number of amides is 1. The normalized spacial score (nSPS) is 10.2. The summed E-state index contributed by atoms with van der Waals surface area (Å²) in [4.78, 5) is 11.0. The highest BCUT2D eigenvalue weighted by Gasteiger charge is 2.01. The zero-order chi connectivity index (χ0) is 13.4. The van der Waals surface area contributed by atoms with Crippen molar-refractivity contribution < 1.29 is 4.79 Å². The molecule has 0 heterocycles. The molecule has 0 aliphatic rings. The Bertz CT molecular complexity index is 393. The number of aryl methyl sites for hydroxylation is 1. The number of anilines is 2. The van der Waals surface area contributed by atoms with Crippen molar-refractivity contribution in [3.8, 4) is 0 Å². The van der Waals surface area contributed by atoms with Crippen LogP contribution in [0.2, 0.25) is 0 Å². The van der Waals surface area contributed by atoms with Crippen molar-refractivity contribution in [1.82, 2.24) is 0 Å². The van der Waals surface area contributed by atoms with Crippen LogP contribution in [0.5, 0.6) is 0 Å². The van der Waals surface area contributed by atoms with Gasteiger partial charge in [0.15, 0.2) is 0 Å². The third kappa shape index (κ3) is 5.45. The molecular weight excluding hydrogens is 244 g/mol. The molecule has 0 fully saturated rings. The first-order valence-electron chi connectivity index (χ1n) is 6.33. The van der Waals surface area contributed by atoms with Crippen LogP contribution in [0.25, 0.3) is 0 Å². The lowest BCUT2D eigenvalue weighted by Gasteiger charge is -2.11. The summed E-state index contributed by atoms with van der Waals surface area (Å²) in [5, 5.41) is 6.22. The summed E-state index contributed by atoms with van der Waals surface area (Å²) < 4.78 is 0. The van der Waals surface area contributed by atoms with Crippen LogP contribution in [-0.2, 0) is 4.79 Å². The molecule has 0 aliphatic heterocycles. The molecular formula is C14H22N2OS. The molecule has 0 atom stereocenters. The number of hydrogen-bond donors (Lipinski definition) is 2. The lowest BCUT2D eigenvalue weighted by atomic mass is 10.1. The first-order chi connectivity index (χ1) is 8.63. The Labute approximate surface area is 114 Å². The third-order valence-corrected chi connectivity index (χ3v) is 3.53. The molecule has 1 rings (SSSR count). The predicted molar refractivity (Wildman–Crippen MR) is 81.6 cm³/mol. The standard InChI is InChI=1S/C14H22N2OS/c1-4-18-9-5-8-15-14-10-13(16-12(3)17)7-6-11(14)2/h6-7,10,15H,4-5,8-9H2,1-3H3,(H,16,17). The van der Waals surface area contributed by atoms with Gasteiger partial charge in [-0.2, -0.15) is 11.8 Å². The summed E-state index contributed by atoms with van der Waals surface area (Å²) in [5.74, 6) is 2.33. The van der Waals surface area contributed by atoms with Crippen LogP contribution >= 0.6 is 11.8 Å². The minimum atomic E-state index is -0.0378. The van der Waals surface area contributed by atoms with Gasteiger partial charge in [-0.15, -0.1) is 0 Å². The maximum absolute atomic E-state index is 11.0. The maximum Gasteiger partial charge on any atom is 0.221 e. The molecule has 0 aliphatic carbocycles. The molecule has 0 aromatic heterocycles. The highest BCUT2D eigenvalue weighted by atomic mass is 32.2. The Morgan fingerprint density at radius 1 is 1.39 bits per heavy atom. The summed E-state index contributed by atoms with van der Waals surface area (Å²) in [6.45, 7) is 6.74. The summed E-state index contributed by atoms with van der Waals surface area (Å²) in [7, 11) is 0. The number of thioether (sulfide) groups is 1. The van der Waals surface area contributed by atoms with E-state index in [9.17, 15) is 4.79 Å². The Balaban J connectivity index is 2.50. The minimum absolute atomic E-state index is 0.0378. The zero-order valence-corrected chi connectivity index (χ0v) is 12.2. The molecule has 0 bridgehead atoms. The van der Waals surface area contributed by atoms with E-state index in [1.54, 1.807) is 0 Å². The second kappa shape index (κ2) is 8.03. The van der Waals surface area contributed by atoms with E-state index in [1.165, 1.54) is 24.0 Å². The number of carbonyl (C=O) groups is 1. The van der Waals surface area contributed by atoms with Crippen molar-refractivity contribution in [1.29, 1.82) is 0 Å². The third-order valence-electron chi connectivity index (χ3n) is 2.54. The van der Waals surface area contributed by atoms with E-state index in [0.29, 0.717) is 0 Å². The van der Waals surface area contributed by atoms with Gasteiger partial charge in [0.25, 0.3) is 0 Å². The van der Waals surface area contributed by atoms with Crippen molar-refractivity contribution in [2.75, 3.05) is 28.7 Å². The average molecular weight is 266 g/mol. The van der Waals surface area contributed by atoms with Gasteiger partial charge in [0.2, 0.25) is 5.91 Å². The lowest BCUT2D eigenvalue weighted by molar-refractivity contribution is -0.114. The molecule has 3 nitrogen and oxygen atoms in total. The Kier molecular flexibility index (Phi) is 6.65. The fourth-order valence-electron chi connectivity index (χ4n) is 1.64. The summed E-state index contributed by atoms with van der Waals surface area (Å²) in [6, 6.07) is 5.94. The summed E-state index contributed by atoms with van der Waals surface area (Å²) in [6.07, 6.45) is 1.16. The largest absolute Gasteiger partial charge is 0.385 e. The molecule has 1 amide bonds. The van der Waals surface area contributed by atoms with E-state index in [0.717, 1.165) is 24.3 Å². The van der Waals surface area contributed by atoms with Crippen molar-refractivity contribution >= 4 is 29.0 Å². The molecule has 0 saturated carbocycles. The second-order valence-corrected chi connectivity index (χ2v) is 5.58. The number of rotatable bonds is 7. The summed E-state index contributed by atoms with van der Waals surface area (Å²) >= 11 is 1.96. The highest BCUT2D eigenvalue weighted by Crippen LogP contribution is 2.20. The lowest BCUT2D eigenvalue weighted by Crippen LogP contribution is -2.08. The quantitative estimate of drug-likeness (QED) is 0.742. The molecule has 100 valence electrons. The number of benzene rings is 1. The van der Waals surface area contributed by atoms with Gasteiger partial charge >= 0.3 is 0 Å². The van der Waals surface area contributed by atoms with Gasteiger partial charge in [0.05, 0.1) is 0 Å². The van der Waals surface area contributed by atoms with Gasteiger partial charge in [0, 0.05) is 24.8 Å². The molecule has 1 aromatic rings. The summed E-state index contributed by atoms with van der Waals surface area (Å²) in [5.41, 5.74) is 3.15. The van der Waals surface area contributed by atoms with Crippen LogP contribution in [0.3, 0.4) is 0 Å². The Morgan fingerprint density at radius 3 is 2.83 bits per heavy atom. The molecule has 0 saturated heterocycles. The fourth-order valence-corrected chi connectivity index (χ4v) is 2.27. The number of hydrogen-bond acceptors (Lipinski definition) is 3. The van der Waals surface area contributed by atoms with Crippen LogP contribution in [0.1, 0.15) is 25.8 Å². The molecule has 0 unspecified atom stereocenters. The van der Waals surface area contributed by atoms with Crippen LogP contribution < -0.4 is 10.6 Å². The highest BCUT2D eigenvalue weighted by molar-refractivity contribution is 7.99. The van der Waals surface area contributed by atoms with E-state index in [2.05, 4.69) is 24.5 Å². The van der Waals surface area contributed by atoms with E-state index in [-0.39, 0.29) is 5.91 Å². The molecule has 18 heavy (non-hydrogen) atoms. The Hall–Kier alpha value is -1.16. The second-order valence-electron chi connectivity index (χ2n) is 4.19. The number of nitrogens with one attached hydrogen (secondary N) is 2. The van der Waals surface area contributed by atoms with Gasteiger partial charge < -0.3 is 10.6 Å². The topological polar surface area (TPSA) is 41.1 Å². The van der Waals surface area contributed by atoms with Crippen LogP contribution in [0.15, 0.2) is 18.2 Å². The van der Waals surface area contributed by atoms with E-state index in [1.807, 2.05) is 30.0 Å². The molecule has 0 spiro atoms. The first-order valence-corrected chi connectivity index (χ1v) is 7.48. The average Bonchev–Trinajstić information content (AvgIpc) is 2.32. The van der Waals surface area contributed by atoms with Crippen LogP contribution in [-0.4, -0.2) is 24.0 Å². The van der Waals surface area contributed by atoms with Gasteiger partial charge in [-0.05, 0) is 42.5 Å². The fraction of sp³-hybridized carbons (Fsp3) is 0.500. The van der Waals surface area contributed by atoms with Crippen molar-refractivity contribution in [2.45, 2.75) is 27.2 Å². The van der Waals surface area contributed by atoms with E-state index < -0.39 is 0 Å². The zero-order valence-electron chi connectivity index (χ0n) is 11.4. The monoisotopic (exact) mass is 266 g/mol. The number of carbonyl (C=O) groups excluding carboxylic acids is 1. The van der Waals surface area contributed by atoms with E-state index >= 15 is 0 Å². The Morgan fingerprint density at radius 2 is 2.17 bits per heavy atom. The smallest absolute Gasteiger partial charge is 0.221 e. The van der Waals surface area contributed by atoms with Gasteiger partial charge in [-0.1, -0.05) is 13.0 Å². The van der Waals surface area contributed by atoms with Crippen molar-refractivity contribution in [3.05, 3.63) is 23.8 Å². The van der Waals surface area contributed by atoms with Crippen LogP contribution in [0.4, 0.5) is 11.4 Å². The maximum atomic E-state index is 11.0. The van der Waals surface area contributed by atoms with Crippen molar-refractivity contribution in [2.24, 2.45) is 0 Å². The molecule has 2 N–H and O–H groups in total. The molecule has 1 aromatic carbocycles.